The zero-order valence-electron chi connectivity index (χ0n) is 12.5. The summed E-state index contributed by atoms with van der Waals surface area (Å²) in [6.45, 7) is 1.74. The first-order valence-corrected chi connectivity index (χ1v) is 7.79. The van der Waals surface area contributed by atoms with E-state index < -0.39 is 0 Å². The highest BCUT2D eigenvalue weighted by molar-refractivity contribution is 5.85. The molecule has 4 rings (SSSR count). The lowest BCUT2D eigenvalue weighted by molar-refractivity contribution is 0.0425. The molecule has 0 unspecified atom stereocenters. The maximum Gasteiger partial charge on any atom is 0.0952 e. The van der Waals surface area contributed by atoms with E-state index in [1.807, 2.05) is 12.4 Å². The molecular weight excluding hydrogens is 296 g/mol. The summed E-state index contributed by atoms with van der Waals surface area (Å²) in [5.74, 6) is 0. The fourth-order valence-electron chi connectivity index (χ4n) is 3.11. The second-order valence-electron chi connectivity index (χ2n) is 5.90. The maximum absolute atomic E-state index is 6.00. The van der Waals surface area contributed by atoms with Crippen molar-refractivity contribution in [1.82, 2.24) is 10.3 Å². The molecule has 3 nitrogen and oxygen atoms in total. The number of benzene rings is 1. The van der Waals surface area contributed by atoms with Crippen LogP contribution in [0.25, 0.3) is 11.1 Å². The molecule has 0 bridgehead atoms. The monoisotopic (exact) mass is 316 g/mol. The van der Waals surface area contributed by atoms with Crippen molar-refractivity contribution in [3.05, 3.63) is 53.9 Å². The quantitative estimate of drug-likeness (QED) is 0.937. The lowest BCUT2D eigenvalue weighted by atomic mass is 9.90. The van der Waals surface area contributed by atoms with Crippen LogP contribution in [0.1, 0.15) is 30.1 Å². The molecule has 1 N–H and O–H groups in total. The van der Waals surface area contributed by atoms with E-state index in [0.29, 0.717) is 0 Å². The Morgan fingerprint density at radius 3 is 2.73 bits per heavy atom. The van der Waals surface area contributed by atoms with Crippen molar-refractivity contribution in [2.75, 3.05) is 13.2 Å². The van der Waals surface area contributed by atoms with Gasteiger partial charge in [-0.1, -0.05) is 18.2 Å². The minimum atomic E-state index is 0. The van der Waals surface area contributed by atoms with Crippen LogP contribution in [0, 0.1) is 0 Å². The number of halogens is 1. The van der Waals surface area contributed by atoms with E-state index in [4.69, 9.17) is 4.74 Å². The largest absolute Gasteiger partial charge is 0.372 e. The van der Waals surface area contributed by atoms with Crippen LogP contribution in [-0.2, 0) is 11.2 Å². The van der Waals surface area contributed by atoms with Gasteiger partial charge in [-0.25, -0.2) is 0 Å². The first kappa shape index (κ1) is 15.5. The van der Waals surface area contributed by atoms with E-state index >= 15 is 0 Å². The molecule has 4 heteroatoms. The van der Waals surface area contributed by atoms with Gasteiger partial charge >= 0.3 is 0 Å². The summed E-state index contributed by atoms with van der Waals surface area (Å²) < 4.78 is 6.00. The summed E-state index contributed by atoms with van der Waals surface area (Å²) >= 11 is 0. The van der Waals surface area contributed by atoms with Crippen LogP contribution in [-0.4, -0.2) is 24.2 Å². The summed E-state index contributed by atoms with van der Waals surface area (Å²) in [5, 5.41) is 3.59. The average molecular weight is 317 g/mol. The van der Waals surface area contributed by atoms with Crippen molar-refractivity contribution < 1.29 is 4.74 Å². The van der Waals surface area contributed by atoms with Crippen LogP contribution in [0.5, 0.6) is 0 Å². The first-order valence-electron chi connectivity index (χ1n) is 7.79. The van der Waals surface area contributed by atoms with Gasteiger partial charge in [-0.3, -0.25) is 4.98 Å². The summed E-state index contributed by atoms with van der Waals surface area (Å²) in [4.78, 5) is 4.12. The zero-order valence-corrected chi connectivity index (χ0v) is 13.3. The smallest absolute Gasteiger partial charge is 0.0952 e. The predicted octanol–water partition coefficient (Wildman–Crippen LogP) is 3.54. The number of nitrogens with zero attached hydrogens (tertiary/aromatic N) is 1. The molecule has 1 aromatic heterocycles. The third kappa shape index (κ3) is 3.17. The number of nitrogens with one attached hydrogen (secondary N) is 1. The summed E-state index contributed by atoms with van der Waals surface area (Å²) in [6, 6.07) is 11.5. The molecule has 22 heavy (non-hydrogen) atoms. The highest BCUT2D eigenvalue weighted by Crippen LogP contribution is 2.34. The minimum Gasteiger partial charge on any atom is -0.372 e. The molecule has 0 spiro atoms. The van der Waals surface area contributed by atoms with Crippen molar-refractivity contribution in [1.29, 1.82) is 0 Å². The molecular formula is C18H21ClN2O. The Kier molecular flexibility index (Phi) is 4.77. The second kappa shape index (κ2) is 6.78. The standard InChI is InChI=1S/C18H20N2O.ClH/c1-2-15(13-6-9-19-10-7-13)16-8-11-21-18(17(16)3-1)12-20-14-4-5-14;/h1-3,6-7,9-10,14,18,20H,4-5,8,11-12H2;1H/t18-;/m1./s1. The Balaban J connectivity index is 0.00000144. The molecule has 1 fully saturated rings. The van der Waals surface area contributed by atoms with Crippen LogP contribution in [0.4, 0.5) is 0 Å². The Bertz CT molecular complexity index is 628. The van der Waals surface area contributed by atoms with Gasteiger partial charge in [0.2, 0.25) is 0 Å². The lowest BCUT2D eigenvalue weighted by Gasteiger charge is -2.28. The second-order valence-corrected chi connectivity index (χ2v) is 5.90. The molecule has 2 heterocycles. The Labute approximate surface area is 137 Å². The molecule has 116 valence electrons. The molecule has 0 saturated heterocycles. The summed E-state index contributed by atoms with van der Waals surface area (Å²) in [5.41, 5.74) is 5.37. The molecule has 1 saturated carbocycles. The van der Waals surface area contributed by atoms with Gasteiger partial charge in [0.15, 0.2) is 0 Å². The number of ether oxygens (including phenoxy) is 1. The molecule has 1 aliphatic heterocycles. The molecule has 1 aromatic carbocycles. The number of rotatable bonds is 4. The van der Waals surface area contributed by atoms with E-state index in [9.17, 15) is 0 Å². The predicted molar refractivity (Wildman–Crippen MR) is 90.3 cm³/mol. The third-order valence-electron chi connectivity index (χ3n) is 4.39. The van der Waals surface area contributed by atoms with Gasteiger partial charge in [-0.15, -0.1) is 12.4 Å². The van der Waals surface area contributed by atoms with Crippen molar-refractivity contribution in [3.63, 3.8) is 0 Å². The molecule has 2 aliphatic rings. The first-order chi connectivity index (χ1) is 10.4. The number of hydrogen-bond acceptors (Lipinski definition) is 3. The Hall–Kier alpha value is -1.42. The molecule has 1 aliphatic carbocycles. The molecule has 2 aromatic rings. The Morgan fingerprint density at radius 2 is 1.95 bits per heavy atom. The van der Waals surface area contributed by atoms with E-state index in [-0.39, 0.29) is 18.5 Å². The highest BCUT2D eigenvalue weighted by atomic mass is 35.5. The van der Waals surface area contributed by atoms with E-state index in [2.05, 4.69) is 40.6 Å². The van der Waals surface area contributed by atoms with Crippen molar-refractivity contribution in [2.45, 2.75) is 31.4 Å². The van der Waals surface area contributed by atoms with Crippen LogP contribution in [0.2, 0.25) is 0 Å². The minimum absolute atomic E-state index is 0. The fourth-order valence-corrected chi connectivity index (χ4v) is 3.11. The lowest BCUT2D eigenvalue weighted by Crippen LogP contribution is -2.29. The van der Waals surface area contributed by atoms with E-state index in [0.717, 1.165) is 25.6 Å². The molecule has 0 amide bonds. The van der Waals surface area contributed by atoms with Gasteiger partial charge in [0.1, 0.15) is 0 Å². The number of hydrogen-bond donors (Lipinski definition) is 1. The van der Waals surface area contributed by atoms with Gasteiger partial charge in [-0.05, 0) is 53.6 Å². The Morgan fingerprint density at radius 1 is 1.14 bits per heavy atom. The number of fused-ring (bicyclic) bond motifs is 1. The topological polar surface area (TPSA) is 34.2 Å². The van der Waals surface area contributed by atoms with E-state index in [1.54, 1.807) is 0 Å². The average Bonchev–Trinajstić information content (AvgIpc) is 3.37. The molecule has 0 radical (unpaired) electrons. The van der Waals surface area contributed by atoms with Crippen molar-refractivity contribution in [3.8, 4) is 11.1 Å². The number of aromatic nitrogens is 1. The van der Waals surface area contributed by atoms with Gasteiger partial charge in [0.25, 0.3) is 0 Å². The number of pyridine rings is 1. The van der Waals surface area contributed by atoms with Crippen LogP contribution in [0.3, 0.4) is 0 Å². The summed E-state index contributed by atoms with van der Waals surface area (Å²) in [7, 11) is 0. The maximum atomic E-state index is 6.00. The van der Waals surface area contributed by atoms with E-state index in [1.165, 1.54) is 35.1 Å². The van der Waals surface area contributed by atoms with Gasteiger partial charge in [0, 0.05) is 25.0 Å². The van der Waals surface area contributed by atoms with Crippen LogP contribution < -0.4 is 5.32 Å². The van der Waals surface area contributed by atoms with Gasteiger partial charge < -0.3 is 10.1 Å². The molecule has 1 atom stereocenters. The SMILES string of the molecule is Cl.c1cc(-c2ccncc2)c2c(c1)[C@@H](CNC1CC1)OCC2. The fraction of sp³-hybridized carbons (Fsp3) is 0.389. The van der Waals surface area contributed by atoms with Crippen molar-refractivity contribution >= 4 is 12.4 Å². The zero-order chi connectivity index (χ0) is 14.1. The third-order valence-corrected chi connectivity index (χ3v) is 4.39. The normalized spacial score (nSPS) is 20.1. The summed E-state index contributed by atoms with van der Waals surface area (Å²) in [6.07, 6.45) is 7.54. The van der Waals surface area contributed by atoms with Crippen LogP contribution >= 0.6 is 12.4 Å². The van der Waals surface area contributed by atoms with Gasteiger partial charge in [-0.2, -0.15) is 0 Å². The van der Waals surface area contributed by atoms with Gasteiger partial charge in [0.05, 0.1) is 12.7 Å². The van der Waals surface area contributed by atoms with Crippen molar-refractivity contribution in [2.24, 2.45) is 0 Å². The van der Waals surface area contributed by atoms with Crippen LogP contribution in [0.15, 0.2) is 42.7 Å². The highest BCUT2D eigenvalue weighted by Gasteiger charge is 2.26.